The van der Waals surface area contributed by atoms with E-state index in [0.29, 0.717) is 23.9 Å². The molecule has 1 aromatic heterocycles. The minimum Gasteiger partial charge on any atom is -0.451 e. The van der Waals surface area contributed by atoms with Crippen molar-refractivity contribution in [3.8, 4) is 0 Å². The number of rotatable bonds is 3. The SMILES string of the molecule is CC1CN(C(=O)COC(=O)c2n[nH]c(=O)c3ccccc23)CC(C)O1. The molecule has 2 heterocycles. The third-order valence-electron chi connectivity index (χ3n) is 3.99. The van der Waals surface area contributed by atoms with Gasteiger partial charge in [0, 0.05) is 18.5 Å². The second kappa shape index (κ2) is 7.02. The lowest BCUT2D eigenvalue weighted by Crippen LogP contribution is -2.49. The molecular formula is C17H19N3O5. The lowest BCUT2D eigenvalue weighted by Gasteiger charge is -2.35. The summed E-state index contributed by atoms with van der Waals surface area (Å²) < 4.78 is 10.7. The molecule has 8 nitrogen and oxygen atoms in total. The minimum atomic E-state index is -0.754. The van der Waals surface area contributed by atoms with Crippen LogP contribution in [0.15, 0.2) is 29.1 Å². The first-order valence-corrected chi connectivity index (χ1v) is 8.03. The Morgan fingerprint density at radius 2 is 1.88 bits per heavy atom. The average Bonchev–Trinajstić information content (AvgIpc) is 2.59. The van der Waals surface area contributed by atoms with E-state index in [2.05, 4.69) is 10.2 Å². The minimum absolute atomic E-state index is 0.0216. The highest BCUT2D eigenvalue weighted by atomic mass is 16.5. The zero-order valence-corrected chi connectivity index (χ0v) is 14.0. The first kappa shape index (κ1) is 17.1. The maximum Gasteiger partial charge on any atom is 0.359 e. The van der Waals surface area contributed by atoms with Gasteiger partial charge >= 0.3 is 5.97 Å². The number of aromatic amines is 1. The van der Waals surface area contributed by atoms with Gasteiger partial charge in [0.1, 0.15) is 0 Å². The number of carbonyl (C=O) groups excluding carboxylic acids is 2. The number of ether oxygens (including phenoxy) is 2. The highest BCUT2D eigenvalue weighted by Gasteiger charge is 2.27. The molecule has 0 spiro atoms. The highest BCUT2D eigenvalue weighted by molar-refractivity contribution is 6.02. The second-order valence-corrected chi connectivity index (χ2v) is 6.08. The molecule has 25 heavy (non-hydrogen) atoms. The molecule has 2 aromatic rings. The number of esters is 1. The fourth-order valence-corrected chi connectivity index (χ4v) is 2.94. The van der Waals surface area contributed by atoms with Crippen LogP contribution in [0.2, 0.25) is 0 Å². The number of benzene rings is 1. The smallest absolute Gasteiger partial charge is 0.359 e. The highest BCUT2D eigenvalue weighted by Crippen LogP contribution is 2.14. The van der Waals surface area contributed by atoms with Gasteiger partial charge in [-0.1, -0.05) is 18.2 Å². The first-order valence-electron chi connectivity index (χ1n) is 8.03. The van der Waals surface area contributed by atoms with Crippen LogP contribution in [0.4, 0.5) is 0 Å². The number of nitrogens with zero attached hydrogens (tertiary/aromatic N) is 2. The van der Waals surface area contributed by atoms with Crippen molar-refractivity contribution in [3.05, 3.63) is 40.3 Å². The molecule has 0 bridgehead atoms. The Bertz CT molecular complexity index is 853. The predicted octanol–water partition coefficient (Wildman–Crippen LogP) is 0.716. The van der Waals surface area contributed by atoms with Crippen LogP contribution in [0.25, 0.3) is 10.8 Å². The van der Waals surface area contributed by atoms with E-state index in [1.807, 2.05) is 13.8 Å². The fraction of sp³-hybridized carbons (Fsp3) is 0.412. The number of carbonyl (C=O) groups is 2. The van der Waals surface area contributed by atoms with Crippen molar-refractivity contribution in [3.63, 3.8) is 0 Å². The quantitative estimate of drug-likeness (QED) is 0.823. The summed E-state index contributed by atoms with van der Waals surface area (Å²) in [7, 11) is 0. The van der Waals surface area contributed by atoms with Crippen LogP contribution in [0.3, 0.4) is 0 Å². The van der Waals surface area contributed by atoms with E-state index in [0.717, 1.165) is 0 Å². The van der Waals surface area contributed by atoms with Crippen molar-refractivity contribution in [2.75, 3.05) is 19.7 Å². The second-order valence-electron chi connectivity index (χ2n) is 6.08. The summed E-state index contributed by atoms with van der Waals surface area (Å²) in [5, 5.41) is 6.76. The van der Waals surface area contributed by atoms with Crippen LogP contribution in [0, 0.1) is 0 Å². The van der Waals surface area contributed by atoms with Gasteiger partial charge in [-0.3, -0.25) is 9.59 Å². The van der Waals surface area contributed by atoms with Crippen LogP contribution < -0.4 is 5.56 Å². The largest absolute Gasteiger partial charge is 0.451 e. The Kier molecular flexibility index (Phi) is 4.80. The zero-order chi connectivity index (χ0) is 18.0. The summed E-state index contributed by atoms with van der Waals surface area (Å²) in [6.07, 6.45) is -0.124. The summed E-state index contributed by atoms with van der Waals surface area (Å²) in [6.45, 7) is 4.31. The maximum atomic E-state index is 12.3. The van der Waals surface area contributed by atoms with Crippen molar-refractivity contribution < 1.29 is 19.1 Å². The number of fused-ring (bicyclic) bond motifs is 1. The summed E-state index contributed by atoms with van der Waals surface area (Å²) in [5.74, 6) is -1.04. The molecule has 132 valence electrons. The van der Waals surface area contributed by atoms with Gasteiger partial charge in [-0.2, -0.15) is 5.10 Å². The van der Waals surface area contributed by atoms with E-state index in [-0.39, 0.29) is 36.0 Å². The van der Waals surface area contributed by atoms with Crippen LogP contribution >= 0.6 is 0 Å². The molecule has 3 rings (SSSR count). The number of morpholine rings is 1. The molecule has 1 fully saturated rings. The lowest BCUT2D eigenvalue weighted by atomic mass is 10.1. The van der Waals surface area contributed by atoms with E-state index in [9.17, 15) is 14.4 Å². The third kappa shape index (κ3) is 3.69. The lowest BCUT2D eigenvalue weighted by molar-refractivity contribution is -0.146. The van der Waals surface area contributed by atoms with Crippen molar-refractivity contribution in [1.82, 2.24) is 15.1 Å². The molecule has 2 unspecified atom stereocenters. The molecule has 0 saturated carbocycles. The monoisotopic (exact) mass is 345 g/mol. The number of amides is 1. The predicted molar refractivity (Wildman–Crippen MR) is 89.2 cm³/mol. The number of hydrogen-bond donors (Lipinski definition) is 1. The fourth-order valence-electron chi connectivity index (χ4n) is 2.94. The summed E-state index contributed by atoms with van der Waals surface area (Å²) in [5.41, 5.74) is -0.411. The molecule has 1 aliphatic heterocycles. The normalized spacial score (nSPS) is 20.5. The Labute approximate surface area is 143 Å². The molecule has 1 aromatic carbocycles. The van der Waals surface area contributed by atoms with Crippen molar-refractivity contribution in [2.45, 2.75) is 26.1 Å². The van der Waals surface area contributed by atoms with Gasteiger partial charge in [-0.15, -0.1) is 0 Å². The van der Waals surface area contributed by atoms with Crippen molar-refractivity contribution >= 4 is 22.6 Å². The van der Waals surface area contributed by atoms with Crippen LogP contribution in [-0.2, 0) is 14.3 Å². The van der Waals surface area contributed by atoms with E-state index < -0.39 is 5.97 Å². The van der Waals surface area contributed by atoms with Crippen LogP contribution in [0.1, 0.15) is 24.3 Å². The first-order chi connectivity index (χ1) is 12.0. The molecule has 1 amide bonds. The Morgan fingerprint density at radius 1 is 1.24 bits per heavy atom. The zero-order valence-electron chi connectivity index (χ0n) is 14.0. The van der Waals surface area contributed by atoms with E-state index in [1.165, 1.54) is 0 Å². The van der Waals surface area contributed by atoms with E-state index in [1.54, 1.807) is 29.2 Å². The molecule has 0 radical (unpaired) electrons. The van der Waals surface area contributed by atoms with Gasteiger partial charge in [-0.05, 0) is 19.9 Å². The molecule has 1 N–H and O–H groups in total. The number of hydrogen-bond acceptors (Lipinski definition) is 6. The molecule has 0 aliphatic carbocycles. The van der Waals surface area contributed by atoms with Crippen molar-refractivity contribution in [1.29, 1.82) is 0 Å². The van der Waals surface area contributed by atoms with Gasteiger partial charge in [-0.25, -0.2) is 9.89 Å². The Morgan fingerprint density at radius 3 is 2.56 bits per heavy atom. The molecule has 1 aliphatic rings. The van der Waals surface area contributed by atoms with Gasteiger partial charge < -0.3 is 14.4 Å². The maximum absolute atomic E-state index is 12.3. The topological polar surface area (TPSA) is 102 Å². The molecule has 2 atom stereocenters. The van der Waals surface area contributed by atoms with Gasteiger partial charge in [0.2, 0.25) is 0 Å². The standard InChI is InChI=1S/C17H19N3O5/c1-10-7-20(8-11(2)25-10)14(21)9-24-17(23)15-12-5-3-4-6-13(12)16(22)19-18-15/h3-6,10-11H,7-9H2,1-2H3,(H,19,22). The Balaban J connectivity index is 1.70. The number of H-pyrrole nitrogens is 1. The number of aromatic nitrogens is 2. The van der Waals surface area contributed by atoms with Crippen molar-refractivity contribution in [2.24, 2.45) is 0 Å². The molecule has 1 saturated heterocycles. The van der Waals surface area contributed by atoms with Gasteiger partial charge in [0.15, 0.2) is 12.3 Å². The molecule has 8 heteroatoms. The molecular weight excluding hydrogens is 326 g/mol. The summed E-state index contributed by atoms with van der Waals surface area (Å²) in [6, 6.07) is 6.59. The summed E-state index contributed by atoms with van der Waals surface area (Å²) in [4.78, 5) is 37.9. The van der Waals surface area contributed by atoms with E-state index in [4.69, 9.17) is 9.47 Å². The van der Waals surface area contributed by atoms with Crippen LogP contribution in [0.5, 0.6) is 0 Å². The van der Waals surface area contributed by atoms with Gasteiger partial charge in [0.25, 0.3) is 11.5 Å². The van der Waals surface area contributed by atoms with Gasteiger partial charge in [0.05, 0.1) is 17.6 Å². The average molecular weight is 345 g/mol. The van der Waals surface area contributed by atoms with Crippen LogP contribution in [-0.4, -0.2) is 58.9 Å². The summed E-state index contributed by atoms with van der Waals surface area (Å²) >= 11 is 0. The Hall–Kier alpha value is -2.74. The third-order valence-corrected chi connectivity index (χ3v) is 3.99. The number of nitrogens with one attached hydrogen (secondary N) is 1. The van der Waals surface area contributed by atoms with E-state index >= 15 is 0 Å².